The molecule has 0 spiro atoms. The van der Waals surface area contributed by atoms with Gasteiger partial charge in [0.25, 0.3) is 0 Å². The van der Waals surface area contributed by atoms with Crippen LogP contribution in [-0.2, 0) is 0 Å². The van der Waals surface area contributed by atoms with E-state index < -0.39 is 0 Å². The Bertz CT molecular complexity index is 1960. The number of hydrogen-bond donors (Lipinski definition) is 0. The number of hydrogen-bond acceptors (Lipinski definition) is 2. The van der Waals surface area contributed by atoms with E-state index in [1.165, 1.54) is 55.1 Å². The Morgan fingerprint density at radius 3 is 2.05 bits per heavy atom. The van der Waals surface area contributed by atoms with Gasteiger partial charge in [-0.25, -0.2) is 0 Å². The van der Waals surface area contributed by atoms with Crippen LogP contribution in [0, 0.1) is 6.92 Å². The molecule has 0 amide bonds. The smallest absolute Gasteiger partial charge is 0.0714 e. The Morgan fingerprint density at radius 2 is 1.18 bits per heavy atom. The Morgan fingerprint density at radius 1 is 0.410 bits per heavy atom. The molecule has 184 valence electrons. The van der Waals surface area contributed by atoms with Gasteiger partial charge in [0.15, 0.2) is 0 Å². The van der Waals surface area contributed by atoms with Crippen molar-refractivity contribution < 1.29 is 0 Å². The largest absolute Gasteiger partial charge is 0.256 e. The normalized spacial score (nSPS) is 11.2. The number of nitrogens with zero attached hydrogens (tertiary/aromatic N) is 2. The summed E-state index contributed by atoms with van der Waals surface area (Å²) in [7, 11) is 0. The van der Waals surface area contributed by atoms with Crippen LogP contribution in [0.1, 0.15) is 5.56 Å². The summed E-state index contributed by atoms with van der Waals surface area (Å²) in [6, 6.07) is 45.2. The first kappa shape index (κ1) is 23.1. The predicted octanol–water partition coefficient (Wildman–Crippen LogP) is 9.76. The summed E-state index contributed by atoms with van der Waals surface area (Å²) >= 11 is 0. The fraction of sp³-hybridized carbons (Fsp3) is 0.0270. The van der Waals surface area contributed by atoms with Crippen molar-refractivity contribution in [2.24, 2.45) is 0 Å². The first-order valence-electron chi connectivity index (χ1n) is 13.2. The van der Waals surface area contributed by atoms with Gasteiger partial charge >= 0.3 is 0 Å². The SMILES string of the molecule is Cc1c(-c2cccc(-c3ccccn3)c2)cccc1-c1cc2ncccc2c2ccc(-c3ccccc3)cc12. The fourth-order valence-corrected chi connectivity index (χ4v) is 5.63. The van der Waals surface area contributed by atoms with E-state index in [9.17, 15) is 0 Å². The number of benzene rings is 5. The molecule has 2 heteroatoms. The minimum atomic E-state index is 0.980. The molecule has 2 aromatic heterocycles. The van der Waals surface area contributed by atoms with Crippen LogP contribution in [0.3, 0.4) is 0 Å². The van der Waals surface area contributed by atoms with Crippen LogP contribution in [-0.4, -0.2) is 9.97 Å². The van der Waals surface area contributed by atoms with Crippen LogP contribution in [0.2, 0.25) is 0 Å². The second-order valence-electron chi connectivity index (χ2n) is 9.89. The van der Waals surface area contributed by atoms with Crippen LogP contribution in [0.15, 0.2) is 140 Å². The van der Waals surface area contributed by atoms with Crippen molar-refractivity contribution in [2.45, 2.75) is 6.92 Å². The molecule has 0 unspecified atom stereocenters. The molecule has 39 heavy (non-hydrogen) atoms. The van der Waals surface area contributed by atoms with Gasteiger partial charge in [-0.15, -0.1) is 0 Å². The third-order valence-electron chi connectivity index (χ3n) is 7.58. The van der Waals surface area contributed by atoms with Crippen molar-refractivity contribution in [1.29, 1.82) is 0 Å². The number of rotatable bonds is 4. The second-order valence-corrected chi connectivity index (χ2v) is 9.89. The van der Waals surface area contributed by atoms with Crippen LogP contribution in [0.4, 0.5) is 0 Å². The van der Waals surface area contributed by atoms with E-state index >= 15 is 0 Å². The van der Waals surface area contributed by atoms with E-state index in [4.69, 9.17) is 4.98 Å². The van der Waals surface area contributed by atoms with Crippen molar-refractivity contribution >= 4 is 21.7 Å². The molecule has 7 aromatic rings. The Hall–Kier alpha value is -5.08. The van der Waals surface area contributed by atoms with Gasteiger partial charge in [-0.3, -0.25) is 9.97 Å². The lowest BCUT2D eigenvalue weighted by atomic mass is 9.88. The van der Waals surface area contributed by atoms with Crippen LogP contribution in [0.5, 0.6) is 0 Å². The van der Waals surface area contributed by atoms with Gasteiger partial charge in [-0.1, -0.05) is 91.0 Å². The molecule has 0 aliphatic rings. The molecule has 0 fully saturated rings. The van der Waals surface area contributed by atoms with E-state index in [-0.39, 0.29) is 0 Å². The molecule has 0 aliphatic heterocycles. The van der Waals surface area contributed by atoms with Crippen LogP contribution < -0.4 is 0 Å². The molecule has 2 nitrogen and oxygen atoms in total. The topological polar surface area (TPSA) is 25.8 Å². The second kappa shape index (κ2) is 9.66. The highest BCUT2D eigenvalue weighted by Crippen LogP contribution is 2.40. The van der Waals surface area contributed by atoms with E-state index in [1.54, 1.807) is 0 Å². The maximum absolute atomic E-state index is 4.75. The van der Waals surface area contributed by atoms with E-state index in [1.807, 2.05) is 30.6 Å². The zero-order chi connectivity index (χ0) is 26.2. The summed E-state index contributed by atoms with van der Waals surface area (Å²) in [5.41, 5.74) is 11.6. The number of pyridine rings is 2. The molecular formula is C37H26N2. The third-order valence-corrected chi connectivity index (χ3v) is 7.58. The summed E-state index contributed by atoms with van der Waals surface area (Å²) in [5, 5.41) is 3.63. The highest BCUT2D eigenvalue weighted by molar-refractivity contribution is 6.14. The molecule has 0 atom stereocenters. The third kappa shape index (κ3) is 4.17. The highest BCUT2D eigenvalue weighted by atomic mass is 14.7. The van der Waals surface area contributed by atoms with Crippen LogP contribution >= 0.6 is 0 Å². The van der Waals surface area contributed by atoms with E-state index in [2.05, 4.69) is 121 Å². The molecule has 0 saturated carbocycles. The standard InChI is InChI=1S/C37H26N2/c1-25-30(28-12-7-13-29(22-28)36-17-5-6-20-38-36)14-8-15-31(25)35-24-37-33(16-9-21-39-37)32-19-18-27(23-34(32)35)26-10-3-2-4-11-26/h2-24H,1H3. The summed E-state index contributed by atoms with van der Waals surface area (Å²) in [6.45, 7) is 2.23. The van der Waals surface area contributed by atoms with Gasteiger partial charge in [0.05, 0.1) is 11.2 Å². The maximum Gasteiger partial charge on any atom is 0.0714 e. The summed E-state index contributed by atoms with van der Waals surface area (Å²) in [4.78, 5) is 9.31. The maximum atomic E-state index is 4.75. The molecule has 0 saturated heterocycles. The van der Waals surface area contributed by atoms with Gasteiger partial charge in [0.1, 0.15) is 0 Å². The van der Waals surface area contributed by atoms with Gasteiger partial charge in [0, 0.05) is 23.3 Å². The first-order valence-corrected chi connectivity index (χ1v) is 13.2. The monoisotopic (exact) mass is 498 g/mol. The molecular weight excluding hydrogens is 472 g/mol. The fourth-order valence-electron chi connectivity index (χ4n) is 5.63. The molecule has 0 bridgehead atoms. The lowest BCUT2D eigenvalue weighted by Crippen LogP contribution is -1.92. The van der Waals surface area contributed by atoms with Gasteiger partial charge in [-0.2, -0.15) is 0 Å². The molecule has 2 heterocycles. The van der Waals surface area contributed by atoms with Crippen molar-refractivity contribution in [3.63, 3.8) is 0 Å². The lowest BCUT2D eigenvalue weighted by Gasteiger charge is -2.17. The summed E-state index contributed by atoms with van der Waals surface area (Å²) < 4.78 is 0. The zero-order valence-corrected chi connectivity index (χ0v) is 21.7. The molecule has 0 aliphatic carbocycles. The Balaban J connectivity index is 1.45. The Kier molecular flexibility index (Phi) is 5.71. The van der Waals surface area contributed by atoms with Crippen LogP contribution in [0.25, 0.3) is 66.3 Å². The molecule has 0 N–H and O–H groups in total. The minimum Gasteiger partial charge on any atom is -0.256 e. The Labute approximate surface area is 228 Å². The quantitative estimate of drug-likeness (QED) is 0.226. The average Bonchev–Trinajstić information content (AvgIpc) is 3.01. The van der Waals surface area contributed by atoms with Gasteiger partial charge in [-0.05, 0) is 93.0 Å². The van der Waals surface area contributed by atoms with E-state index in [0.29, 0.717) is 0 Å². The predicted molar refractivity (Wildman–Crippen MR) is 164 cm³/mol. The van der Waals surface area contributed by atoms with Crippen molar-refractivity contribution in [2.75, 3.05) is 0 Å². The zero-order valence-electron chi connectivity index (χ0n) is 21.7. The minimum absolute atomic E-state index is 0.980. The highest BCUT2D eigenvalue weighted by Gasteiger charge is 2.15. The number of fused-ring (bicyclic) bond motifs is 3. The molecule has 7 rings (SSSR count). The van der Waals surface area contributed by atoms with E-state index in [0.717, 1.165) is 16.8 Å². The van der Waals surface area contributed by atoms with Crippen molar-refractivity contribution in [3.05, 3.63) is 145 Å². The van der Waals surface area contributed by atoms with Crippen molar-refractivity contribution in [1.82, 2.24) is 9.97 Å². The van der Waals surface area contributed by atoms with Crippen molar-refractivity contribution in [3.8, 4) is 44.6 Å². The lowest BCUT2D eigenvalue weighted by molar-refractivity contribution is 1.33. The molecule has 5 aromatic carbocycles. The summed E-state index contributed by atoms with van der Waals surface area (Å²) in [5.74, 6) is 0. The van der Waals surface area contributed by atoms with Gasteiger partial charge in [0.2, 0.25) is 0 Å². The number of aromatic nitrogens is 2. The average molecular weight is 499 g/mol. The summed E-state index contributed by atoms with van der Waals surface area (Å²) in [6.07, 6.45) is 3.72. The first-order chi connectivity index (χ1) is 19.3. The molecule has 0 radical (unpaired) electrons. The van der Waals surface area contributed by atoms with Gasteiger partial charge < -0.3 is 0 Å².